The maximum atomic E-state index is 12.2. The van der Waals surface area contributed by atoms with Crippen LogP contribution in [0.3, 0.4) is 0 Å². The second kappa shape index (κ2) is 6.85. The van der Waals surface area contributed by atoms with Crippen LogP contribution in [-0.4, -0.2) is 18.4 Å². The Hall–Kier alpha value is -1.15. The van der Waals surface area contributed by atoms with Gasteiger partial charge in [0, 0.05) is 11.6 Å². The monoisotopic (exact) mass is 259 g/mol. The largest absolute Gasteiger partial charge is 0.307 e. The molecule has 0 aromatic heterocycles. The van der Waals surface area contributed by atoms with E-state index in [4.69, 9.17) is 0 Å². The van der Waals surface area contributed by atoms with E-state index in [1.807, 2.05) is 19.1 Å². The summed E-state index contributed by atoms with van der Waals surface area (Å²) in [5.74, 6) is 0.224. The lowest BCUT2D eigenvalue weighted by atomic mass is 10.0. The lowest BCUT2D eigenvalue weighted by Crippen LogP contribution is -2.33. The number of benzene rings is 1. The van der Waals surface area contributed by atoms with Gasteiger partial charge in [-0.3, -0.25) is 4.79 Å². The highest BCUT2D eigenvalue weighted by Gasteiger charge is 2.14. The fraction of sp³-hybridized carbons (Fsp3) is 0.588. The molecule has 0 heterocycles. The molecule has 0 saturated heterocycles. The van der Waals surface area contributed by atoms with E-state index in [0.717, 1.165) is 11.1 Å². The molecule has 1 N–H and O–H groups in total. The Morgan fingerprint density at radius 2 is 1.84 bits per heavy atom. The smallest absolute Gasteiger partial charge is 0.176 e. The minimum absolute atomic E-state index is 0.224. The molecule has 19 heavy (non-hydrogen) atoms. The van der Waals surface area contributed by atoms with Gasteiger partial charge in [0.05, 0.1) is 6.54 Å². The van der Waals surface area contributed by atoms with Crippen LogP contribution in [0.5, 0.6) is 0 Å². The summed E-state index contributed by atoms with van der Waals surface area (Å²) in [5, 5.41) is 3.45. The molecule has 2 nitrogen and oxygen atoms in total. The summed E-state index contributed by atoms with van der Waals surface area (Å²) in [4.78, 5) is 12.2. The van der Waals surface area contributed by atoms with Crippen LogP contribution in [0, 0.1) is 13.8 Å². The van der Waals surface area contributed by atoms with E-state index in [9.17, 15) is 4.79 Å². The van der Waals surface area contributed by atoms with Crippen LogP contribution in [0.4, 0.5) is 0 Å². The van der Waals surface area contributed by atoms with E-state index in [2.05, 4.69) is 18.3 Å². The molecule has 1 aromatic carbocycles. The van der Waals surface area contributed by atoms with Crippen molar-refractivity contribution in [3.8, 4) is 0 Å². The van der Waals surface area contributed by atoms with Gasteiger partial charge in [0.2, 0.25) is 0 Å². The Kier molecular flexibility index (Phi) is 5.15. The molecule has 0 unspecified atom stereocenters. The Morgan fingerprint density at radius 1 is 1.16 bits per heavy atom. The Labute approximate surface area is 116 Å². The van der Waals surface area contributed by atoms with Gasteiger partial charge in [0.25, 0.3) is 0 Å². The van der Waals surface area contributed by atoms with E-state index >= 15 is 0 Å². The highest BCUT2D eigenvalue weighted by Crippen LogP contribution is 2.17. The number of hydrogen-bond donors (Lipinski definition) is 1. The molecule has 2 heteroatoms. The van der Waals surface area contributed by atoms with E-state index < -0.39 is 0 Å². The van der Waals surface area contributed by atoms with E-state index in [0.29, 0.717) is 12.6 Å². The first kappa shape index (κ1) is 14.3. The summed E-state index contributed by atoms with van der Waals surface area (Å²) in [5.41, 5.74) is 3.17. The Morgan fingerprint density at radius 3 is 2.47 bits per heavy atom. The zero-order valence-electron chi connectivity index (χ0n) is 12.2. The minimum atomic E-state index is 0.224. The number of Topliss-reactive ketones (excluding diaryl/α,β-unsaturated/α-hetero) is 1. The summed E-state index contributed by atoms with van der Waals surface area (Å²) in [7, 11) is 0. The maximum Gasteiger partial charge on any atom is 0.176 e. The molecular formula is C17H25NO. The molecule has 0 amide bonds. The highest BCUT2D eigenvalue weighted by molar-refractivity contribution is 5.98. The predicted octanol–water partition coefficient (Wildman–Crippen LogP) is 3.80. The van der Waals surface area contributed by atoms with Crippen LogP contribution in [-0.2, 0) is 0 Å². The molecule has 1 saturated carbocycles. The lowest BCUT2D eigenvalue weighted by molar-refractivity contribution is 0.0985. The van der Waals surface area contributed by atoms with Crippen molar-refractivity contribution in [2.45, 2.75) is 58.4 Å². The zero-order chi connectivity index (χ0) is 13.7. The van der Waals surface area contributed by atoms with E-state index in [1.54, 1.807) is 0 Å². The van der Waals surface area contributed by atoms with Crippen molar-refractivity contribution in [1.82, 2.24) is 5.32 Å². The summed E-state index contributed by atoms with van der Waals surface area (Å²) >= 11 is 0. The van der Waals surface area contributed by atoms with Gasteiger partial charge >= 0.3 is 0 Å². The van der Waals surface area contributed by atoms with Gasteiger partial charge in [-0.15, -0.1) is 0 Å². The van der Waals surface area contributed by atoms with Gasteiger partial charge in [-0.25, -0.2) is 0 Å². The molecule has 2 rings (SSSR count). The van der Waals surface area contributed by atoms with Crippen molar-refractivity contribution in [2.24, 2.45) is 0 Å². The second-order valence-electron chi connectivity index (χ2n) is 5.81. The van der Waals surface area contributed by atoms with Crippen LogP contribution in [0.15, 0.2) is 18.2 Å². The number of carbonyl (C=O) groups excluding carboxylic acids is 1. The fourth-order valence-corrected chi connectivity index (χ4v) is 2.94. The van der Waals surface area contributed by atoms with Gasteiger partial charge in [-0.2, -0.15) is 0 Å². The predicted molar refractivity (Wildman–Crippen MR) is 79.7 cm³/mol. The quantitative estimate of drug-likeness (QED) is 0.658. The van der Waals surface area contributed by atoms with Crippen LogP contribution in [0.1, 0.15) is 60.0 Å². The summed E-state index contributed by atoms with van der Waals surface area (Å²) in [6.45, 7) is 4.56. The first-order valence-electron chi connectivity index (χ1n) is 7.50. The molecule has 0 radical (unpaired) electrons. The number of nitrogens with one attached hydrogen (secondary N) is 1. The lowest BCUT2D eigenvalue weighted by Gasteiger charge is -2.16. The summed E-state index contributed by atoms with van der Waals surface area (Å²) < 4.78 is 0. The van der Waals surface area contributed by atoms with E-state index in [1.165, 1.54) is 44.1 Å². The number of rotatable bonds is 4. The average molecular weight is 259 g/mol. The van der Waals surface area contributed by atoms with Crippen LogP contribution in [0.25, 0.3) is 0 Å². The van der Waals surface area contributed by atoms with Gasteiger partial charge in [-0.1, -0.05) is 49.4 Å². The molecule has 0 bridgehead atoms. The molecule has 104 valence electrons. The third-order valence-corrected chi connectivity index (χ3v) is 4.09. The van der Waals surface area contributed by atoms with Gasteiger partial charge in [-0.05, 0) is 32.3 Å². The van der Waals surface area contributed by atoms with E-state index in [-0.39, 0.29) is 5.78 Å². The molecule has 0 atom stereocenters. The summed E-state index contributed by atoms with van der Waals surface area (Å²) in [6.07, 6.45) is 7.75. The van der Waals surface area contributed by atoms with Crippen LogP contribution >= 0.6 is 0 Å². The van der Waals surface area contributed by atoms with Gasteiger partial charge in [0.15, 0.2) is 5.78 Å². The number of ketones is 1. The van der Waals surface area contributed by atoms with Gasteiger partial charge < -0.3 is 5.32 Å². The Bertz CT molecular complexity index is 431. The molecule has 0 spiro atoms. The molecule has 1 fully saturated rings. The third kappa shape index (κ3) is 4.17. The Balaban J connectivity index is 1.89. The average Bonchev–Trinajstić information content (AvgIpc) is 2.64. The first-order valence-corrected chi connectivity index (χ1v) is 7.50. The molecular weight excluding hydrogens is 234 g/mol. The van der Waals surface area contributed by atoms with Crippen LogP contribution in [0.2, 0.25) is 0 Å². The van der Waals surface area contributed by atoms with Crippen molar-refractivity contribution < 1.29 is 4.79 Å². The van der Waals surface area contributed by atoms with Crippen molar-refractivity contribution >= 4 is 5.78 Å². The third-order valence-electron chi connectivity index (χ3n) is 4.09. The second-order valence-corrected chi connectivity index (χ2v) is 5.81. The molecule has 1 aromatic rings. The molecule has 1 aliphatic rings. The van der Waals surface area contributed by atoms with Crippen molar-refractivity contribution in [3.63, 3.8) is 0 Å². The highest BCUT2D eigenvalue weighted by atomic mass is 16.1. The normalized spacial score (nSPS) is 17.2. The van der Waals surface area contributed by atoms with Crippen molar-refractivity contribution in [1.29, 1.82) is 0 Å². The maximum absolute atomic E-state index is 12.2. The standard InChI is InChI=1S/C17H25NO/c1-13-9-10-16(14(2)11-13)17(19)12-18-15-7-5-3-4-6-8-15/h9-11,15,18H,3-8,12H2,1-2H3. The first-order chi connectivity index (χ1) is 9.16. The number of aryl methyl sites for hydroxylation is 2. The van der Waals surface area contributed by atoms with Gasteiger partial charge in [0.1, 0.15) is 0 Å². The number of carbonyl (C=O) groups is 1. The van der Waals surface area contributed by atoms with Crippen molar-refractivity contribution in [2.75, 3.05) is 6.54 Å². The topological polar surface area (TPSA) is 29.1 Å². The zero-order valence-corrected chi connectivity index (χ0v) is 12.2. The number of hydrogen-bond acceptors (Lipinski definition) is 2. The van der Waals surface area contributed by atoms with Crippen molar-refractivity contribution in [3.05, 3.63) is 34.9 Å². The van der Waals surface area contributed by atoms with Crippen LogP contribution < -0.4 is 5.32 Å². The fourth-order valence-electron chi connectivity index (χ4n) is 2.94. The molecule has 0 aliphatic heterocycles. The molecule has 1 aliphatic carbocycles. The summed E-state index contributed by atoms with van der Waals surface area (Å²) in [6, 6.07) is 6.60. The minimum Gasteiger partial charge on any atom is -0.307 e. The SMILES string of the molecule is Cc1ccc(C(=O)CNC2CCCCCC2)c(C)c1.